The van der Waals surface area contributed by atoms with Gasteiger partial charge in [-0.3, -0.25) is 14.6 Å². The summed E-state index contributed by atoms with van der Waals surface area (Å²) >= 11 is 0. The number of piperazine rings is 1. The highest BCUT2D eigenvalue weighted by atomic mass is 16.2. The number of anilines is 2. The Labute approximate surface area is 208 Å². The second-order valence-electron chi connectivity index (χ2n) is 9.68. The Kier molecular flexibility index (Phi) is 7.71. The van der Waals surface area contributed by atoms with Gasteiger partial charge in [0, 0.05) is 56.7 Å². The molecule has 0 spiro atoms. The molecular weight excluding hydrogens is 434 g/mol. The number of hydrogen-bond acceptors (Lipinski definition) is 5. The molecule has 2 aliphatic rings. The van der Waals surface area contributed by atoms with E-state index in [-0.39, 0.29) is 5.91 Å². The molecule has 0 bridgehead atoms. The average Bonchev–Trinajstić information content (AvgIpc) is 2.91. The Morgan fingerprint density at radius 1 is 0.857 bits per heavy atom. The summed E-state index contributed by atoms with van der Waals surface area (Å²) in [5.41, 5.74) is 3.05. The van der Waals surface area contributed by atoms with Crippen molar-refractivity contribution in [3.8, 4) is 11.1 Å². The molecule has 2 saturated heterocycles. The Balaban J connectivity index is 1.11. The number of para-hydroxylation sites is 1. The molecule has 1 atom stereocenters. The molecule has 0 radical (unpaired) electrons. The number of pyridine rings is 1. The van der Waals surface area contributed by atoms with Crippen molar-refractivity contribution in [2.75, 3.05) is 62.6 Å². The summed E-state index contributed by atoms with van der Waals surface area (Å²) in [6.07, 6.45) is 4.27. The third-order valence-electron chi connectivity index (χ3n) is 7.12. The van der Waals surface area contributed by atoms with Crippen molar-refractivity contribution < 1.29 is 4.79 Å². The lowest BCUT2D eigenvalue weighted by molar-refractivity contribution is -0.117. The van der Waals surface area contributed by atoms with Gasteiger partial charge in [-0.25, -0.2) is 4.98 Å². The number of nitrogens with zero attached hydrogens (tertiary/aromatic N) is 4. The number of piperidine rings is 1. The van der Waals surface area contributed by atoms with Crippen molar-refractivity contribution in [2.45, 2.75) is 12.8 Å². The number of aromatic nitrogens is 1. The zero-order valence-electron chi connectivity index (χ0n) is 20.4. The monoisotopic (exact) mass is 469 g/mol. The normalized spacial score (nSPS) is 19.4. The zero-order chi connectivity index (χ0) is 23.9. The second-order valence-corrected chi connectivity index (χ2v) is 9.68. The molecule has 1 unspecified atom stereocenters. The van der Waals surface area contributed by atoms with Crippen LogP contribution in [0.3, 0.4) is 0 Å². The summed E-state index contributed by atoms with van der Waals surface area (Å²) in [5, 5.41) is 3.17. The minimum atomic E-state index is 0.0676. The van der Waals surface area contributed by atoms with Gasteiger partial charge in [0.05, 0.1) is 6.54 Å². The van der Waals surface area contributed by atoms with E-state index < -0.39 is 0 Å². The molecule has 2 aromatic carbocycles. The molecule has 1 amide bonds. The van der Waals surface area contributed by atoms with E-state index in [0.29, 0.717) is 12.5 Å². The summed E-state index contributed by atoms with van der Waals surface area (Å²) in [5.74, 6) is 1.77. The lowest BCUT2D eigenvalue weighted by Gasteiger charge is -2.39. The van der Waals surface area contributed by atoms with Crippen LogP contribution in [0.15, 0.2) is 79.0 Å². The van der Waals surface area contributed by atoms with Crippen molar-refractivity contribution in [2.24, 2.45) is 5.92 Å². The van der Waals surface area contributed by atoms with Crippen molar-refractivity contribution in [3.63, 3.8) is 0 Å². The third-order valence-corrected chi connectivity index (χ3v) is 7.12. The molecule has 6 nitrogen and oxygen atoms in total. The fraction of sp³-hybridized carbons (Fsp3) is 0.379. The summed E-state index contributed by atoms with van der Waals surface area (Å²) in [6, 6.07) is 24.4. The highest BCUT2D eigenvalue weighted by Crippen LogP contribution is 2.27. The number of nitrogens with one attached hydrogen (secondary N) is 1. The lowest BCUT2D eigenvalue weighted by atomic mass is 9.97. The number of carbonyl (C=O) groups excluding carboxylic acids is 1. The number of benzene rings is 2. The SMILES string of the molecule is O=C(CN1CCCC(CN2CCN(c3ccccn3)CC2)C1)Nc1ccccc1-c1ccccc1. The van der Waals surface area contributed by atoms with E-state index in [1.165, 1.54) is 6.42 Å². The molecule has 6 heteroatoms. The first kappa shape index (κ1) is 23.5. The fourth-order valence-electron chi connectivity index (χ4n) is 5.36. The van der Waals surface area contributed by atoms with E-state index in [4.69, 9.17) is 0 Å². The van der Waals surface area contributed by atoms with Gasteiger partial charge in [-0.05, 0) is 49.1 Å². The fourth-order valence-corrected chi connectivity index (χ4v) is 5.36. The van der Waals surface area contributed by atoms with Gasteiger partial charge >= 0.3 is 0 Å². The molecule has 2 fully saturated rings. The molecular formula is C29H35N5O. The van der Waals surface area contributed by atoms with E-state index in [0.717, 1.165) is 74.9 Å². The topological polar surface area (TPSA) is 51.7 Å². The van der Waals surface area contributed by atoms with Crippen LogP contribution in [0.2, 0.25) is 0 Å². The highest BCUT2D eigenvalue weighted by Gasteiger charge is 2.26. The molecule has 0 aliphatic carbocycles. The van der Waals surface area contributed by atoms with Crippen molar-refractivity contribution in [1.82, 2.24) is 14.8 Å². The van der Waals surface area contributed by atoms with Crippen LogP contribution < -0.4 is 10.2 Å². The summed E-state index contributed by atoms with van der Waals surface area (Å²) in [4.78, 5) is 24.7. The molecule has 3 aromatic rings. The van der Waals surface area contributed by atoms with E-state index in [1.54, 1.807) is 0 Å². The molecule has 2 aliphatic heterocycles. The number of carbonyl (C=O) groups is 1. The minimum Gasteiger partial charge on any atom is -0.354 e. The first-order valence-corrected chi connectivity index (χ1v) is 12.8. The van der Waals surface area contributed by atoms with Crippen molar-refractivity contribution in [3.05, 3.63) is 79.0 Å². The van der Waals surface area contributed by atoms with Gasteiger partial charge in [-0.2, -0.15) is 0 Å². The maximum atomic E-state index is 13.0. The number of hydrogen-bond donors (Lipinski definition) is 1. The van der Waals surface area contributed by atoms with Gasteiger partial charge in [0.15, 0.2) is 0 Å². The largest absolute Gasteiger partial charge is 0.354 e. The number of amides is 1. The second kappa shape index (κ2) is 11.5. The van der Waals surface area contributed by atoms with E-state index >= 15 is 0 Å². The molecule has 35 heavy (non-hydrogen) atoms. The summed E-state index contributed by atoms with van der Waals surface area (Å²) < 4.78 is 0. The van der Waals surface area contributed by atoms with Crippen LogP contribution in [0.4, 0.5) is 11.5 Å². The van der Waals surface area contributed by atoms with Gasteiger partial charge in [0.2, 0.25) is 5.91 Å². The van der Waals surface area contributed by atoms with Crippen LogP contribution >= 0.6 is 0 Å². The van der Waals surface area contributed by atoms with Crippen LogP contribution in [0.25, 0.3) is 11.1 Å². The third kappa shape index (κ3) is 6.27. The van der Waals surface area contributed by atoms with Gasteiger partial charge in [-0.1, -0.05) is 54.6 Å². The first-order chi connectivity index (χ1) is 17.2. The van der Waals surface area contributed by atoms with Gasteiger partial charge in [-0.15, -0.1) is 0 Å². The Hall–Kier alpha value is -3.22. The smallest absolute Gasteiger partial charge is 0.238 e. The molecule has 5 rings (SSSR count). The maximum absolute atomic E-state index is 13.0. The highest BCUT2D eigenvalue weighted by molar-refractivity contribution is 5.96. The van der Waals surface area contributed by atoms with E-state index in [2.05, 4.69) is 55.3 Å². The predicted octanol–water partition coefficient (Wildman–Crippen LogP) is 4.22. The van der Waals surface area contributed by atoms with E-state index in [9.17, 15) is 4.79 Å². The summed E-state index contributed by atoms with van der Waals surface area (Å²) in [6.45, 7) is 7.75. The first-order valence-electron chi connectivity index (χ1n) is 12.8. The number of rotatable bonds is 7. The van der Waals surface area contributed by atoms with E-state index in [1.807, 2.05) is 48.7 Å². The van der Waals surface area contributed by atoms with Crippen LogP contribution in [0, 0.1) is 5.92 Å². The maximum Gasteiger partial charge on any atom is 0.238 e. The van der Waals surface area contributed by atoms with Crippen LogP contribution in [0.1, 0.15) is 12.8 Å². The van der Waals surface area contributed by atoms with Gasteiger partial charge in [0.25, 0.3) is 0 Å². The number of likely N-dealkylation sites (tertiary alicyclic amines) is 1. The van der Waals surface area contributed by atoms with Crippen LogP contribution in [0.5, 0.6) is 0 Å². The molecule has 0 saturated carbocycles. The minimum absolute atomic E-state index is 0.0676. The Morgan fingerprint density at radius 2 is 1.63 bits per heavy atom. The molecule has 1 N–H and O–H groups in total. The van der Waals surface area contributed by atoms with Gasteiger partial charge in [0.1, 0.15) is 5.82 Å². The zero-order valence-corrected chi connectivity index (χ0v) is 20.4. The average molecular weight is 470 g/mol. The Morgan fingerprint density at radius 3 is 2.43 bits per heavy atom. The molecule has 3 heterocycles. The van der Waals surface area contributed by atoms with Crippen LogP contribution in [-0.4, -0.2) is 73.0 Å². The van der Waals surface area contributed by atoms with Crippen molar-refractivity contribution >= 4 is 17.4 Å². The van der Waals surface area contributed by atoms with Crippen molar-refractivity contribution in [1.29, 1.82) is 0 Å². The van der Waals surface area contributed by atoms with Gasteiger partial charge < -0.3 is 10.2 Å². The summed E-state index contributed by atoms with van der Waals surface area (Å²) in [7, 11) is 0. The lowest BCUT2D eigenvalue weighted by Crippen LogP contribution is -2.50. The quantitative estimate of drug-likeness (QED) is 0.562. The molecule has 182 valence electrons. The molecule has 1 aromatic heterocycles. The predicted molar refractivity (Wildman–Crippen MR) is 143 cm³/mol. The standard InChI is InChI=1S/C29H35N5O/c35-29(31-27-13-5-4-12-26(27)25-10-2-1-3-11-25)23-33-16-8-9-24(22-33)21-32-17-19-34(20-18-32)28-14-6-7-15-30-28/h1-7,10-15,24H,8-9,16-23H2,(H,31,35). The Bertz CT molecular complexity index is 1080. The van der Waals surface area contributed by atoms with Crippen LogP contribution in [-0.2, 0) is 4.79 Å².